The predicted octanol–water partition coefficient (Wildman–Crippen LogP) is 3.28. The van der Waals surface area contributed by atoms with Gasteiger partial charge in [0.05, 0.1) is 0 Å². The van der Waals surface area contributed by atoms with Gasteiger partial charge in [-0.3, -0.25) is 4.79 Å². The number of nitrogens with two attached hydrogens (primary N) is 1. The maximum absolute atomic E-state index is 12.8. The Labute approximate surface area is 98.9 Å². The minimum atomic E-state index is -0.281. The van der Waals surface area contributed by atoms with E-state index in [1.807, 2.05) is 6.07 Å². The lowest BCUT2D eigenvalue weighted by Gasteiger charge is -2.06. The molecule has 3 heteroatoms. The van der Waals surface area contributed by atoms with Crippen molar-refractivity contribution in [3.8, 4) is 11.1 Å². The molecule has 0 aliphatic rings. The molecule has 2 N–H and O–H groups in total. The molecular weight excluding hydrogens is 217 g/mol. The first-order valence-electron chi connectivity index (χ1n) is 5.24. The maximum atomic E-state index is 12.8. The highest BCUT2D eigenvalue weighted by molar-refractivity contribution is 6.00. The number of carbonyl (C=O) groups is 1. The molecule has 0 saturated carbocycles. The summed E-state index contributed by atoms with van der Waals surface area (Å²) in [5.74, 6) is -0.359. The first-order chi connectivity index (χ1) is 8.08. The van der Waals surface area contributed by atoms with E-state index in [1.54, 1.807) is 24.3 Å². The van der Waals surface area contributed by atoms with Crippen LogP contribution in [0.4, 0.5) is 10.1 Å². The van der Waals surface area contributed by atoms with Crippen LogP contribution in [0.3, 0.4) is 0 Å². The number of ketones is 1. The minimum absolute atomic E-state index is 0.0774. The Morgan fingerprint density at radius 3 is 2.24 bits per heavy atom. The number of hydrogen-bond acceptors (Lipinski definition) is 2. The number of nitrogen functional groups attached to an aromatic ring is 1. The van der Waals surface area contributed by atoms with E-state index in [-0.39, 0.29) is 11.6 Å². The minimum Gasteiger partial charge on any atom is -0.398 e. The lowest BCUT2D eigenvalue weighted by atomic mass is 10.0. The Morgan fingerprint density at radius 2 is 1.65 bits per heavy atom. The fraction of sp³-hybridized carbons (Fsp3) is 0.0714. The van der Waals surface area contributed by atoms with E-state index in [9.17, 15) is 9.18 Å². The van der Waals surface area contributed by atoms with Gasteiger partial charge in [-0.05, 0) is 42.3 Å². The van der Waals surface area contributed by atoms with Gasteiger partial charge in [0, 0.05) is 11.3 Å². The lowest BCUT2D eigenvalue weighted by molar-refractivity contribution is 0.101. The molecule has 2 rings (SSSR count). The number of Topliss-reactive ketones (excluding diaryl/α,β-unsaturated/α-hetero) is 1. The van der Waals surface area contributed by atoms with Gasteiger partial charge >= 0.3 is 0 Å². The van der Waals surface area contributed by atoms with E-state index in [0.29, 0.717) is 11.3 Å². The van der Waals surface area contributed by atoms with E-state index in [4.69, 9.17) is 5.73 Å². The van der Waals surface area contributed by atoms with Crippen LogP contribution in [0.1, 0.15) is 17.3 Å². The van der Waals surface area contributed by atoms with Gasteiger partial charge in [-0.1, -0.05) is 18.2 Å². The van der Waals surface area contributed by atoms with Gasteiger partial charge in [0.1, 0.15) is 5.82 Å². The van der Waals surface area contributed by atoms with E-state index in [0.717, 1.165) is 11.1 Å². The van der Waals surface area contributed by atoms with Crippen LogP contribution in [-0.4, -0.2) is 5.78 Å². The highest BCUT2D eigenvalue weighted by Crippen LogP contribution is 2.24. The van der Waals surface area contributed by atoms with Gasteiger partial charge in [0.25, 0.3) is 0 Å². The van der Waals surface area contributed by atoms with Crippen LogP contribution in [0.25, 0.3) is 11.1 Å². The molecule has 0 saturated heterocycles. The summed E-state index contributed by atoms with van der Waals surface area (Å²) in [5, 5.41) is 0. The highest BCUT2D eigenvalue weighted by atomic mass is 19.1. The maximum Gasteiger partial charge on any atom is 0.161 e. The second kappa shape index (κ2) is 4.37. The average molecular weight is 229 g/mol. The van der Waals surface area contributed by atoms with Crippen LogP contribution >= 0.6 is 0 Å². The number of benzene rings is 2. The Morgan fingerprint density at radius 1 is 1.06 bits per heavy atom. The molecule has 0 aliphatic heterocycles. The number of carbonyl (C=O) groups excluding carboxylic acids is 1. The van der Waals surface area contributed by atoms with Gasteiger partial charge in [0.2, 0.25) is 0 Å². The van der Waals surface area contributed by atoms with Crippen molar-refractivity contribution in [1.29, 1.82) is 0 Å². The zero-order valence-electron chi connectivity index (χ0n) is 9.41. The Hall–Kier alpha value is -2.16. The standard InChI is InChI=1S/C14H12FNO/c1-9(17)13-8-11(4-7-14(13)16)10-2-5-12(15)6-3-10/h2-8H,16H2,1H3. The quantitative estimate of drug-likeness (QED) is 0.634. The molecule has 0 atom stereocenters. The molecule has 0 fully saturated rings. The molecule has 0 aromatic heterocycles. The van der Waals surface area contributed by atoms with Crippen molar-refractivity contribution in [2.75, 3.05) is 5.73 Å². The largest absolute Gasteiger partial charge is 0.398 e. The molecule has 0 aliphatic carbocycles. The van der Waals surface area contributed by atoms with Gasteiger partial charge in [-0.15, -0.1) is 0 Å². The number of hydrogen-bond donors (Lipinski definition) is 1. The summed E-state index contributed by atoms with van der Waals surface area (Å²) < 4.78 is 12.8. The zero-order chi connectivity index (χ0) is 12.4. The second-order valence-electron chi connectivity index (χ2n) is 3.87. The summed E-state index contributed by atoms with van der Waals surface area (Å²) in [5.41, 5.74) is 8.37. The van der Waals surface area contributed by atoms with Crippen molar-refractivity contribution in [1.82, 2.24) is 0 Å². The normalized spacial score (nSPS) is 10.2. The summed E-state index contributed by atoms with van der Waals surface area (Å²) in [6.07, 6.45) is 0. The summed E-state index contributed by atoms with van der Waals surface area (Å²) in [6.45, 7) is 1.47. The highest BCUT2D eigenvalue weighted by Gasteiger charge is 2.07. The van der Waals surface area contributed by atoms with Crippen molar-refractivity contribution in [2.24, 2.45) is 0 Å². The van der Waals surface area contributed by atoms with Gasteiger partial charge in [-0.2, -0.15) is 0 Å². The monoisotopic (exact) mass is 229 g/mol. The topological polar surface area (TPSA) is 43.1 Å². The first kappa shape index (κ1) is 11.3. The van der Waals surface area contributed by atoms with Crippen molar-refractivity contribution in [3.05, 3.63) is 53.8 Å². The molecule has 86 valence electrons. The van der Waals surface area contributed by atoms with Crippen LogP contribution in [0, 0.1) is 5.82 Å². The Bertz CT molecular complexity index is 561. The molecule has 17 heavy (non-hydrogen) atoms. The average Bonchev–Trinajstić information content (AvgIpc) is 2.30. The van der Waals surface area contributed by atoms with E-state index in [1.165, 1.54) is 19.1 Å². The second-order valence-corrected chi connectivity index (χ2v) is 3.87. The smallest absolute Gasteiger partial charge is 0.161 e. The van der Waals surface area contributed by atoms with Crippen LogP contribution in [0.2, 0.25) is 0 Å². The van der Waals surface area contributed by atoms with Crippen molar-refractivity contribution >= 4 is 11.5 Å². The SMILES string of the molecule is CC(=O)c1cc(-c2ccc(F)cc2)ccc1N. The third-order valence-electron chi connectivity index (χ3n) is 2.61. The molecule has 0 bridgehead atoms. The van der Waals surface area contributed by atoms with Gasteiger partial charge in [-0.25, -0.2) is 4.39 Å². The molecule has 0 spiro atoms. The van der Waals surface area contributed by atoms with Crippen molar-refractivity contribution in [2.45, 2.75) is 6.92 Å². The van der Waals surface area contributed by atoms with Crippen molar-refractivity contribution in [3.63, 3.8) is 0 Å². The molecule has 2 aromatic rings. The molecule has 0 radical (unpaired) electrons. The van der Waals surface area contributed by atoms with Crippen LogP contribution in [0.5, 0.6) is 0 Å². The zero-order valence-corrected chi connectivity index (χ0v) is 9.41. The fourth-order valence-corrected chi connectivity index (χ4v) is 1.68. The number of anilines is 1. The third kappa shape index (κ3) is 2.33. The van der Waals surface area contributed by atoms with Gasteiger partial charge < -0.3 is 5.73 Å². The predicted molar refractivity (Wildman–Crippen MR) is 66.3 cm³/mol. The van der Waals surface area contributed by atoms with E-state index < -0.39 is 0 Å². The van der Waals surface area contributed by atoms with Crippen molar-refractivity contribution < 1.29 is 9.18 Å². The van der Waals surface area contributed by atoms with Crippen LogP contribution in [0.15, 0.2) is 42.5 Å². The van der Waals surface area contributed by atoms with Crippen LogP contribution < -0.4 is 5.73 Å². The lowest BCUT2D eigenvalue weighted by Crippen LogP contribution is -1.99. The fourth-order valence-electron chi connectivity index (χ4n) is 1.68. The first-order valence-corrected chi connectivity index (χ1v) is 5.24. The molecule has 2 nitrogen and oxygen atoms in total. The molecular formula is C14H12FNO. The summed E-state index contributed by atoms with van der Waals surface area (Å²) in [4.78, 5) is 11.4. The van der Waals surface area contributed by atoms with E-state index in [2.05, 4.69) is 0 Å². The molecule has 2 aromatic carbocycles. The van der Waals surface area contributed by atoms with Gasteiger partial charge in [0.15, 0.2) is 5.78 Å². The number of halogens is 1. The van der Waals surface area contributed by atoms with E-state index >= 15 is 0 Å². The summed E-state index contributed by atoms with van der Waals surface area (Å²) >= 11 is 0. The Balaban J connectivity index is 2.50. The number of rotatable bonds is 2. The Kier molecular flexibility index (Phi) is 2.91. The summed E-state index contributed by atoms with van der Waals surface area (Å²) in [6, 6.07) is 11.4. The molecule has 0 amide bonds. The third-order valence-corrected chi connectivity index (χ3v) is 2.61. The van der Waals surface area contributed by atoms with Crippen LogP contribution in [-0.2, 0) is 0 Å². The molecule has 0 unspecified atom stereocenters. The summed E-state index contributed by atoms with van der Waals surface area (Å²) in [7, 11) is 0. The molecule has 0 heterocycles.